The average Bonchev–Trinajstić information content (AvgIpc) is 2.87. The SMILES string of the molecule is CC(C)(C)OC(=O)Nc1cccc(Nc2cc(Cl)ncc2C(F)(F)F)c1.Nc1cccc(Nc2cc(Cl)ncc2C(F)(F)F)c1. The molecule has 2 heterocycles. The standard InChI is InChI=1S/C17H17ClF3N3O2.C12H9ClF3N3/c1-16(2,3)26-15(25)24-11-6-4-5-10(7-11)23-13-8-14(18)22-9-12(13)17(19,20)21;13-11-5-10(9(6-18-11)12(14,15)16)19-8-3-1-2-7(17)4-8/h4-9H,1-3H3,(H,22,23)(H,24,25);1-6H,17H2,(H,18,19). The van der Waals surface area contributed by atoms with Crippen molar-refractivity contribution >= 4 is 63.4 Å². The molecule has 0 spiro atoms. The lowest BCUT2D eigenvalue weighted by molar-refractivity contribution is -0.138. The topological polar surface area (TPSA) is 114 Å². The van der Waals surface area contributed by atoms with Gasteiger partial charge < -0.3 is 21.1 Å². The number of halogens is 8. The Morgan fingerprint density at radius 3 is 1.62 bits per heavy atom. The molecule has 5 N–H and O–H groups in total. The molecule has 4 rings (SSSR count). The van der Waals surface area contributed by atoms with Crippen molar-refractivity contribution in [3.63, 3.8) is 0 Å². The predicted molar refractivity (Wildman–Crippen MR) is 162 cm³/mol. The summed E-state index contributed by atoms with van der Waals surface area (Å²) in [6.07, 6.45) is -8.42. The fourth-order valence-corrected chi connectivity index (χ4v) is 3.86. The molecule has 45 heavy (non-hydrogen) atoms. The van der Waals surface area contributed by atoms with Gasteiger partial charge in [-0.25, -0.2) is 14.8 Å². The number of nitrogen functional groups attached to an aromatic ring is 1. The maximum absolute atomic E-state index is 13.1. The van der Waals surface area contributed by atoms with E-state index in [0.717, 1.165) is 12.1 Å². The number of carbonyl (C=O) groups excluding carboxylic acids is 1. The number of nitrogens with two attached hydrogens (primary N) is 1. The van der Waals surface area contributed by atoms with E-state index in [9.17, 15) is 31.1 Å². The first-order chi connectivity index (χ1) is 20.8. The summed E-state index contributed by atoms with van der Waals surface area (Å²) in [7, 11) is 0. The fraction of sp³-hybridized carbons (Fsp3) is 0.207. The van der Waals surface area contributed by atoms with Crippen LogP contribution in [0, 0.1) is 0 Å². The molecule has 4 aromatic rings. The van der Waals surface area contributed by atoms with Crippen LogP contribution in [0.4, 0.5) is 65.3 Å². The number of pyridine rings is 2. The Morgan fingerprint density at radius 1 is 0.733 bits per heavy atom. The maximum atomic E-state index is 13.1. The first-order valence-electron chi connectivity index (χ1n) is 12.8. The van der Waals surface area contributed by atoms with Crippen molar-refractivity contribution in [3.05, 3.63) is 94.5 Å². The molecule has 0 radical (unpaired) electrons. The van der Waals surface area contributed by atoms with E-state index in [1.54, 1.807) is 57.2 Å². The molecule has 0 saturated heterocycles. The number of ether oxygens (including phenoxy) is 1. The van der Waals surface area contributed by atoms with Crippen LogP contribution in [0.5, 0.6) is 0 Å². The number of alkyl halides is 6. The Labute approximate surface area is 263 Å². The molecule has 0 fully saturated rings. The van der Waals surface area contributed by atoms with Crippen molar-refractivity contribution in [1.82, 2.24) is 9.97 Å². The van der Waals surface area contributed by atoms with Crippen molar-refractivity contribution in [2.75, 3.05) is 21.7 Å². The number of hydrogen-bond acceptors (Lipinski definition) is 7. The second kappa shape index (κ2) is 14.1. The molecular formula is C29H26Cl2F6N6O2. The molecule has 2 aromatic heterocycles. The number of nitrogens with zero attached hydrogens (tertiary/aromatic N) is 2. The normalized spacial score (nSPS) is 11.6. The number of hydrogen-bond donors (Lipinski definition) is 4. The van der Waals surface area contributed by atoms with Crippen LogP contribution in [0.2, 0.25) is 10.3 Å². The minimum absolute atomic E-state index is 0.0283. The third-order valence-corrected chi connectivity index (χ3v) is 5.72. The van der Waals surface area contributed by atoms with Crippen molar-refractivity contribution in [3.8, 4) is 0 Å². The number of aromatic nitrogens is 2. The lowest BCUT2D eigenvalue weighted by atomic mass is 10.2. The summed E-state index contributed by atoms with van der Waals surface area (Å²) in [4.78, 5) is 18.7. The van der Waals surface area contributed by atoms with Crippen LogP contribution in [0.15, 0.2) is 73.1 Å². The second-order valence-corrected chi connectivity index (χ2v) is 11.0. The number of nitrogens with one attached hydrogen (secondary N) is 3. The molecule has 240 valence electrons. The van der Waals surface area contributed by atoms with Gasteiger partial charge in [-0.15, -0.1) is 0 Å². The van der Waals surface area contributed by atoms with Crippen molar-refractivity contribution in [1.29, 1.82) is 0 Å². The van der Waals surface area contributed by atoms with E-state index in [-0.39, 0.29) is 21.7 Å². The summed E-state index contributed by atoms with van der Waals surface area (Å²) in [6.45, 7) is 5.16. The summed E-state index contributed by atoms with van der Waals surface area (Å²) < 4.78 is 82.9. The van der Waals surface area contributed by atoms with Gasteiger partial charge in [-0.3, -0.25) is 5.32 Å². The third-order valence-electron chi connectivity index (χ3n) is 5.30. The fourth-order valence-electron chi connectivity index (χ4n) is 3.54. The lowest BCUT2D eigenvalue weighted by Gasteiger charge is -2.20. The zero-order valence-corrected chi connectivity index (χ0v) is 25.3. The highest BCUT2D eigenvalue weighted by Crippen LogP contribution is 2.38. The highest BCUT2D eigenvalue weighted by Gasteiger charge is 2.35. The molecule has 16 heteroatoms. The van der Waals surface area contributed by atoms with E-state index >= 15 is 0 Å². The largest absolute Gasteiger partial charge is 0.444 e. The Morgan fingerprint density at radius 2 is 1.18 bits per heavy atom. The van der Waals surface area contributed by atoms with Gasteiger partial charge in [0.25, 0.3) is 0 Å². The minimum Gasteiger partial charge on any atom is -0.444 e. The predicted octanol–water partition coefficient (Wildman–Crippen LogP) is 9.92. The second-order valence-electron chi connectivity index (χ2n) is 10.2. The Kier molecular flexibility index (Phi) is 11.0. The summed E-state index contributed by atoms with van der Waals surface area (Å²) in [6, 6.07) is 14.8. The van der Waals surface area contributed by atoms with Crippen LogP contribution in [0.3, 0.4) is 0 Å². The van der Waals surface area contributed by atoms with Gasteiger partial charge in [0.05, 0.1) is 22.5 Å². The van der Waals surface area contributed by atoms with E-state index in [0.29, 0.717) is 35.1 Å². The number of carbonyl (C=O) groups is 1. The molecular weight excluding hydrogens is 649 g/mol. The molecule has 0 atom stereocenters. The van der Waals surface area contributed by atoms with Gasteiger partial charge >= 0.3 is 18.4 Å². The average molecular weight is 675 g/mol. The zero-order chi connectivity index (χ0) is 33.6. The van der Waals surface area contributed by atoms with Gasteiger partial charge in [0.1, 0.15) is 15.9 Å². The van der Waals surface area contributed by atoms with Crippen molar-refractivity contribution in [2.45, 2.75) is 38.7 Å². The number of amides is 1. The Bertz CT molecular complexity index is 1650. The molecule has 8 nitrogen and oxygen atoms in total. The number of benzene rings is 2. The molecule has 2 aromatic carbocycles. The van der Waals surface area contributed by atoms with Crippen LogP contribution < -0.4 is 21.7 Å². The smallest absolute Gasteiger partial charge is 0.419 e. The van der Waals surface area contributed by atoms with E-state index in [2.05, 4.69) is 25.9 Å². The number of rotatable bonds is 5. The number of anilines is 6. The quantitative estimate of drug-likeness (QED) is 0.0946. The monoisotopic (exact) mass is 674 g/mol. The summed E-state index contributed by atoms with van der Waals surface area (Å²) in [5.74, 6) is 0. The summed E-state index contributed by atoms with van der Waals surface area (Å²) in [5, 5.41) is 7.69. The van der Waals surface area contributed by atoms with Gasteiger partial charge in [-0.1, -0.05) is 35.3 Å². The Balaban J connectivity index is 0.000000257. The highest BCUT2D eigenvalue weighted by molar-refractivity contribution is 6.30. The maximum Gasteiger partial charge on any atom is 0.419 e. The van der Waals surface area contributed by atoms with Crippen molar-refractivity contribution < 1.29 is 35.9 Å². The van der Waals surface area contributed by atoms with Crippen molar-refractivity contribution in [2.24, 2.45) is 0 Å². The molecule has 0 aliphatic rings. The van der Waals surface area contributed by atoms with Crippen LogP contribution in [0.25, 0.3) is 0 Å². The van der Waals surface area contributed by atoms with E-state index in [1.165, 1.54) is 12.1 Å². The molecule has 0 bridgehead atoms. The summed E-state index contributed by atoms with van der Waals surface area (Å²) in [5.41, 5.74) is 4.21. The highest BCUT2D eigenvalue weighted by atomic mass is 35.5. The summed E-state index contributed by atoms with van der Waals surface area (Å²) >= 11 is 11.3. The minimum atomic E-state index is -4.59. The van der Waals surface area contributed by atoms with E-state index in [1.807, 2.05) is 0 Å². The molecule has 0 saturated carbocycles. The molecule has 0 aliphatic heterocycles. The molecule has 1 amide bonds. The van der Waals surface area contributed by atoms with Gasteiger partial charge in [0.15, 0.2) is 0 Å². The van der Waals surface area contributed by atoms with Gasteiger partial charge in [0.2, 0.25) is 0 Å². The molecule has 0 aliphatic carbocycles. The lowest BCUT2D eigenvalue weighted by Crippen LogP contribution is -2.27. The van der Waals surface area contributed by atoms with E-state index < -0.39 is 35.2 Å². The van der Waals surface area contributed by atoms with Gasteiger partial charge in [0, 0.05) is 35.1 Å². The third kappa shape index (κ3) is 11.2. The van der Waals surface area contributed by atoms with Crippen LogP contribution in [-0.4, -0.2) is 21.7 Å². The van der Waals surface area contributed by atoms with Gasteiger partial charge in [-0.2, -0.15) is 26.3 Å². The zero-order valence-electron chi connectivity index (χ0n) is 23.7. The van der Waals surface area contributed by atoms with Crippen LogP contribution >= 0.6 is 23.2 Å². The van der Waals surface area contributed by atoms with E-state index in [4.69, 9.17) is 33.7 Å². The van der Waals surface area contributed by atoms with Crippen LogP contribution in [0.1, 0.15) is 31.9 Å². The van der Waals surface area contributed by atoms with Crippen LogP contribution in [-0.2, 0) is 17.1 Å². The first kappa shape index (κ1) is 35.1. The first-order valence-corrected chi connectivity index (χ1v) is 13.5. The Hall–Kier alpha value is -4.43. The van der Waals surface area contributed by atoms with Gasteiger partial charge in [-0.05, 0) is 69.3 Å². The molecule has 0 unspecified atom stereocenters.